The van der Waals surface area contributed by atoms with Crippen molar-refractivity contribution < 1.29 is 4.79 Å². The first-order valence-corrected chi connectivity index (χ1v) is 11.2. The van der Waals surface area contributed by atoms with Crippen LogP contribution in [0.1, 0.15) is 52.3 Å². The molecule has 1 N–H and O–H groups in total. The molecular weight excluding hydrogens is 406 g/mol. The number of hydrogen-bond donors (Lipinski definition) is 1. The van der Waals surface area contributed by atoms with E-state index in [2.05, 4.69) is 29.8 Å². The van der Waals surface area contributed by atoms with Crippen molar-refractivity contribution in [1.82, 2.24) is 29.9 Å². The maximum absolute atomic E-state index is 12.7. The Hall–Kier alpha value is -2.46. The van der Waals surface area contributed by atoms with E-state index in [4.69, 9.17) is 4.98 Å². The van der Waals surface area contributed by atoms with Crippen LogP contribution in [0.3, 0.4) is 0 Å². The van der Waals surface area contributed by atoms with Gasteiger partial charge in [-0.25, -0.2) is 15.0 Å². The first-order chi connectivity index (χ1) is 13.9. The Morgan fingerprint density at radius 1 is 1.31 bits per heavy atom. The minimum absolute atomic E-state index is 0.0456. The highest BCUT2D eigenvalue weighted by Gasteiger charge is 2.28. The number of nitrogens with one attached hydrogen (secondary N) is 1. The van der Waals surface area contributed by atoms with E-state index < -0.39 is 0 Å². The van der Waals surface area contributed by atoms with Gasteiger partial charge in [0.25, 0.3) is 5.91 Å². The summed E-state index contributed by atoms with van der Waals surface area (Å²) in [6.07, 6.45) is 2.64. The smallest absolute Gasteiger partial charge is 0.265 e. The summed E-state index contributed by atoms with van der Waals surface area (Å²) in [5.41, 5.74) is 2.64. The molecule has 3 aromatic rings. The van der Waals surface area contributed by atoms with Crippen LogP contribution >= 0.6 is 22.9 Å². The quantitative estimate of drug-likeness (QED) is 0.665. The first kappa shape index (κ1) is 19.8. The number of aromatic nitrogens is 5. The molecule has 1 unspecified atom stereocenters. The van der Waals surface area contributed by atoms with E-state index in [9.17, 15) is 4.79 Å². The van der Waals surface area contributed by atoms with Crippen LogP contribution in [0.15, 0.2) is 12.3 Å². The van der Waals surface area contributed by atoms with E-state index >= 15 is 0 Å². The van der Waals surface area contributed by atoms with E-state index in [0.29, 0.717) is 17.4 Å². The SMILES string of the molecule is Cc1nc(C)c(-c2ccnc(N3CCC(NC(=O)c4snnc4C(C)C)C3)n2)s1. The minimum Gasteiger partial charge on any atom is -0.347 e. The molecular formula is C19H23N7OS2. The van der Waals surface area contributed by atoms with Crippen molar-refractivity contribution in [1.29, 1.82) is 0 Å². The van der Waals surface area contributed by atoms with Gasteiger partial charge in [0.15, 0.2) is 0 Å². The number of carbonyl (C=O) groups excluding carboxylic acids is 1. The van der Waals surface area contributed by atoms with Crippen molar-refractivity contribution in [3.63, 3.8) is 0 Å². The van der Waals surface area contributed by atoms with Crippen molar-refractivity contribution >= 4 is 34.7 Å². The van der Waals surface area contributed by atoms with Gasteiger partial charge in [0, 0.05) is 25.3 Å². The molecule has 4 heterocycles. The molecule has 1 amide bonds. The number of rotatable bonds is 5. The molecule has 0 spiro atoms. The number of thiazole rings is 1. The molecule has 0 aromatic carbocycles. The molecule has 1 aliphatic rings. The summed E-state index contributed by atoms with van der Waals surface area (Å²) in [6, 6.07) is 1.97. The summed E-state index contributed by atoms with van der Waals surface area (Å²) in [5, 5.41) is 8.24. The lowest BCUT2D eigenvalue weighted by Gasteiger charge is -2.17. The normalized spacial score (nSPS) is 16.6. The molecule has 3 aromatic heterocycles. The summed E-state index contributed by atoms with van der Waals surface area (Å²) < 4.78 is 3.95. The molecule has 152 valence electrons. The standard InChI is InChI=1S/C19H23N7OS2/c1-10(2)15-17(29-25-24-15)18(27)22-13-6-8-26(9-13)19-20-7-5-14(23-19)16-11(3)21-12(4)28-16/h5,7,10,13H,6,8-9H2,1-4H3,(H,22,27). The molecule has 1 atom stereocenters. The Morgan fingerprint density at radius 2 is 2.14 bits per heavy atom. The van der Waals surface area contributed by atoms with Gasteiger partial charge in [0.05, 0.1) is 27.0 Å². The molecule has 29 heavy (non-hydrogen) atoms. The van der Waals surface area contributed by atoms with Gasteiger partial charge in [0.1, 0.15) is 4.88 Å². The van der Waals surface area contributed by atoms with E-state index in [-0.39, 0.29) is 17.9 Å². The van der Waals surface area contributed by atoms with Crippen molar-refractivity contribution in [2.75, 3.05) is 18.0 Å². The molecule has 1 saturated heterocycles. The number of amides is 1. The van der Waals surface area contributed by atoms with E-state index in [1.807, 2.05) is 33.8 Å². The maximum atomic E-state index is 12.7. The van der Waals surface area contributed by atoms with Crippen LogP contribution in [0.4, 0.5) is 5.95 Å². The maximum Gasteiger partial charge on any atom is 0.265 e. The number of anilines is 1. The zero-order valence-corrected chi connectivity index (χ0v) is 18.5. The predicted molar refractivity (Wildman–Crippen MR) is 115 cm³/mol. The second kappa shape index (κ2) is 8.11. The molecule has 0 bridgehead atoms. The summed E-state index contributed by atoms with van der Waals surface area (Å²) in [6.45, 7) is 9.51. The zero-order chi connectivity index (χ0) is 20.5. The number of hydrogen-bond acceptors (Lipinski definition) is 9. The van der Waals surface area contributed by atoms with Gasteiger partial charge in [-0.05, 0) is 43.8 Å². The highest BCUT2D eigenvalue weighted by molar-refractivity contribution is 7.15. The molecule has 10 heteroatoms. The highest BCUT2D eigenvalue weighted by atomic mass is 32.1. The van der Waals surface area contributed by atoms with E-state index in [0.717, 1.165) is 51.5 Å². The molecule has 1 fully saturated rings. The van der Waals surface area contributed by atoms with Gasteiger partial charge in [-0.15, -0.1) is 16.4 Å². The topological polar surface area (TPSA) is 96.8 Å². The lowest BCUT2D eigenvalue weighted by atomic mass is 10.1. The van der Waals surface area contributed by atoms with Crippen LogP contribution in [0, 0.1) is 13.8 Å². The molecule has 0 radical (unpaired) electrons. The van der Waals surface area contributed by atoms with Crippen LogP contribution in [0.5, 0.6) is 0 Å². The lowest BCUT2D eigenvalue weighted by molar-refractivity contribution is 0.0943. The first-order valence-electron chi connectivity index (χ1n) is 9.58. The number of nitrogens with zero attached hydrogens (tertiary/aromatic N) is 6. The number of aryl methyl sites for hydroxylation is 2. The summed E-state index contributed by atoms with van der Waals surface area (Å²) >= 11 is 2.80. The van der Waals surface area contributed by atoms with Crippen LogP contribution in [-0.4, -0.2) is 49.6 Å². The van der Waals surface area contributed by atoms with Gasteiger partial charge < -0.3 is 10.2 Å². The predicted octanol–water partition coefficient (Wildman–Crippen LogP) is 3.20. The molecule has 0 saturated carbocycles. The Morgan fingerprint density at radius 3 is 2.86 bits per heavy atom. The van der Waals surface area contributed by atoms with Gasteiger partial charge in [0.2, 0.25) is 5.95 Å². The van der Waals surface area contributed by atoms with Gasteiger partial charge in [-0.3, -0.25) is 4.79 Å². The van der Waals surface area contributed by atoms with Crippen LogP contribution < -0.4 is 10.2 Å². The van der Waals surface area contributed by atoms with Gasteiger partial charge in [-0.1, -0.05) is 18.3 Å². The monoisotopic (exact) mass is 429 g/mol. The summed E-state index contributed by atoms with van der Waals surface area (Å²) in [4.78, 5) is 30.2. The van der Waals surface area contributed by atoms with Crippen molar-refractivity contribution in [2.45, 2.75) is 46.1 Å². The minimum atomic E-state index is -0.0963. The van der Waals surface area contributed by atoms with Crippen molar-refractivity contribution in [3.05, 3.63) is 33.5 Å². The Kier molecular flexibility index (Phi) is 5.55. The van der Waals surface area contributed by atoms with Crippen LogP contribution in [-0.2, 0) is 0 Å². The molecule has 4 rings (SSSR count). The van der Waals surface area contributed by atoms with E-state index in [1.54, 1.807) is 17.5 Å². The second-order valence-electron chi connectivity index (χ2n) is 7.44. The molecule has 8 nitrogen and oxygen atoms in total. The van der Waals surface area contributed by atoms with Crippen LogP contribution in [0.25, 0.3) is 10.6 Å². The van der Waals surface area contributed by atoms with Crippen molar-refractivity contribution in [3.8, 4) is 10.6 Å². The van der Waals surface area contributed by atoms with Crippen LogP contribution in [0.2, 0.25) is 0 Å². The third-order valence-corrected chi connectivity index (χ3v) is 6.69. The fourth-order valence-corrected chi connectivity index (χ4v) is 5.05. The zero-order valence-electron chi connectivity index (χ0n) is 16.8. The fraction of sp³-hybridized carbons (Fsp3) is 0.474. The summed E-state index contributed by atoms with van der Waals surface area (Å²) in [7, 11) is 0. The summed E-state index contributed by atoms with van der Waals surface area (Å²) in [5.74, 6) is 0.762. The number of carbonyl (C=O) groups is 1. The molecule has 1 aliphatic heterocycles. The Balaban J connectivity index is 1.45. The molecule has 0 aliphatic carbocycles. The fourth-order valence-electron chi connectivity index (χ4n) is 3.44. The Bertz CT molecular complexity index is 1030. The third-order valence-electron chi connectivity index (χ3n) is 4.85. The highest BCUT2D eigenvalue weighted by Crippen LogP contribution is 2.29. The second-order valence-corrected chi connectivity index (χ2v) is 9.39. The largest absolute Gasteiger partial charge is 0.347 e. The van der Waals surface area contributed by atoms with Gasteiger partial charge >= 0.3 is 0 Å². The third kappa shape index (κ3) is 4.13. The lowest BCUT2D eigenvalue weighted by Crippen LogP contribution is -2.37. The average molecular weight is 430 g/mol. The average Bonchev–Trinajstić information content (AvgIpc) is 3.41. The van der Waals surface area contributed by atoms with E-state index in [1.165, 1.54) is 0 Å². The Labute approximate surface area is 177 Å². The van der Waals surface area contributed by atoms with Crippen molar-refractivity contribution in [2.24, 2.45) is 0 Å². The van der Waals surface area contributed by atoms with Gasteiger partial charge in [-0.2, -0.15) is 0 Å².